The first-order valence-electron chi connectivity index (χ1n) is 8.72. The molecule has 1 aliphatic carbocycles. The van der Waals surface area contributed by atoms with E-state index in [1.165, 1.54) is 0 Å². The van der Waals surface area contributed by atoms with Crippen molar-refractivity contribution in [1.82, 2.24) is 0 Å². The van der Waals surface area contributed by atoms with E-state index in [1.807, 2.05) is 13.8 Å². The fraction of sp³-hybridized carbons (Fsp3) is 0.350. The van der Waals surface area contributed by atoms with E-state index < -0.39 is 4.92 Å². The number of methoxy groups -OCH3 is 1. The number of rotatable bonds is 5. The highest BCUT2D eigenvalue weighted by atomic mass is 16.6. The summed E-state index contributed by atoms with van der Waals surface area (Å²) in [5.41, 5.74) is 2.49. The second kappa shape index (κ2) is 6.06. The van der Waals surface area contributed by atoms with Gasteiger partial charge in [-0.15, -0.1) is 0 Å². The number of benzene rings is 2. The Morgan fingerprint density at radius 2 is 2.00 bits per heavy atom. The minimum Gasteiger partial charge on any atom is -0.497 e. The van der Waals surface area contributed by atoms with Crippen LogP contribution in [0.3, 0.4) is 0 Å². The lowest BCUT2D eigenvalue weighted by molar-refractivity contribution is -0.384. The van der Waals surface area contributed by atoms with Crippen molar-refractivity contribution in [2.24, 2.45) is 0 Å². The number of nitrogens with zero attached hydrogens (tertiary/aromatic N) is 1. The number of carbonyl (C=O) groups excluding carboxylic acids is 1. The molecule has 1 heterocycles. The van der Waals surface area contributed by atoms with Crippen molar-refractivity contribution >= 4 is 17.3 Å². The van der Waals surface area contributed by atoms with Gasteiger partial charge in [0.25, 0.3) is 5.69 Å². The Hall–Kier alpha value is -2.93. The van der Waals surface area contributed by atoms with E-state index in [4.69, 9.17) is 9.47 Å². The van der Waals surface area contributed by atoms with Crippen molar-refractivity contribution in [3.8, 4) is 5.75 Å². The fourth-order valence-electron chi connectivity index (χ4n) is 3.82. The van der Waals surface area contributed by atoms with Gasteiger partial charge in [-0.2, -0.15) is 0 Å². The van der Waals surface area contributed by atoms with E-state index in [-0.39, 0.29) is 41.3 Å². The highest BCUT2D eigenvalue weighted by Gasteiger charge is 2.59. The predicted octanol–water partition coefficient (Wildman–Crippen LogP) is 3.52. The Balaban J connectivity index is 1.59. The molecule has 7 nitrogen and oxygen atoms in total. The molecular weight excluding hydrogens is 348 g/mol. The van der Waals surface area contributed by atoms with Gasteiger partial charge in [-0.1, -0.05) is 26.0 Å². The zero-order valence-corrected chi connectivity index (χ0v) is 15.3. The number of nitro benzene ring substituents is 1. The van der Waals surface area contributed by atoms with Crippen LogP contribution in [-0.2, 0) is 21.4 Å². The summed E-state index contributed by atoms with van der Waals surface area (Å²) in [4.78, 5) is 23.5. The van der Waals surface area contributed by atoms with E-state index in [9.17, 15) is 14.9 Å². The highest BCUT2D eigenvalue weighted by molar-refractivity contribution is 5.95. The molecule has 1 N–H and O–H groups in total. The van der Waals surface area contributed by atoms with Crippen molar-refractivity contribution in [2.45, 2.75) is 37.9 Å². The summed E-state index contributed by atoms with van der Waals surface area (Å²) in [6.07, 6.45) is 0.136. The summed E-state index contributed by atoms with van der Waals surface area (Å²) >= 11 is 0. The summed E-state index contributed by atoms with van der Waals surface area (Å²) in [6.45, 7) is 4.05. The molecule has 140 valence electrons. The van der Waals surface area contributed by atoms with Gasteiger partial charge in [0.2, 0.25) is 5.91 Å². The minimum atomic E-state index is -0.454. The number of amides is 1. The number of carbonyl (C=O) groups is 1. The van der Waals surface area contributed by atoms with Gasteiger partial charge < -0.3 is 14.8 Å². The largest absolute Gasteiger partial charge is 0.497 e. The van der Waals surface area contributed by atoms with Crippen LogP contribution < -0.4 is 10.1 Å². The quantitative estimate of drug-likeness (QED) is 0.495. The van der Waals surface area contributed by atoms with E-state index >= 15 is 0 Å². The van der Waals surface area contributed by atoms with Crippen LogP contribution in [0, 0.1) is 10.1 Å². The molecule has 1 saturated heterocycles. The maximum Gasteiger partial charge on any atom is 0.293 e. The smallest absolute Gasteiger partial charge is 0.293 e. The maximum absolute atomic E-state index is 12.4. The van der Waals surface area contributed by atoms with Gasteiger partial charge >= 0.3 is 0 Å². The van der Waals surface area contributed by atoms with Gasteiger partial charge in [-0.05, 0) is 34.9 Å². The number of hydrogen-bond acceptors (Lipinski definition) is 5. The van der Waals surface area contributed by atoms with E-state index in [0.717, 1.165) is 16.7 Å². The summed E-state index contributed by atoms with van der Waals surface area (Å²) < 4.78 is 10.8. The van der Waals surface area contributed by atoms with Crippen LogP contribution in [0.4, 0.5) is 11.4 Å². The molecule has 1 aliphatic heterocycles. The predicted molar refractivity (Wildman–Crippen MR) is 99.1 cm³/mol. The van der Waals surface area contributed by atoms with Crippen LogP contribution in [-0.4, -0.2) is 24.0 Å². The molecule has 0 aromatic heterocycles. The van der Waals surface area contributed by atoms with Gasteiger partial charge in [-0.25, -0.2) is 0 Å². The lowest BCUT2D eigenvalue weighted by atomic mass is 9.85. The monoisotopic (exact) mass is 368 g/mol. The zero-order valence-electron chi connectivity index (χ0n) is 15.3. The molecule has 2 aromatic carbocycles. The Morgan fingerprint density at radius 3 is 2.63 bits per heavy atom. The maximum atomic E-state index is 12.4. The average Bonchev–Trinajstić information content (AvgIpc) is 3.39. The van der Waals surface area contributed by atoms with E-state index in [0.29, 0.717) is 5.75 Å². The number of nitrogens with one attached hydrogen (secondary N) is 1. The van der Waals surface area contributed by atoms with Crippen molar-refractivity contribution in [2.75, 3.05) is 12.4 Å². The number of hydrogen-bond donors (Lipinski definition) is 1. The van der Waals surface area contributed by atoms with Crippen LogP contribution >= 0.6 is 0 Å². The zero-order chi connectivity index (χ0) is 19.3. The van der Waals surface area contributed by atoms with Crippen LogP contribution in [0.5, 0.6) is 5.75 Å². The Morgan fingerprint density at radius 1 is 1.30 bits per heavy atom. The molecule has 27 heavy (non-hydrogen) atoms. The van der Waals surface area contributed by atoms with Crippen LogP contribution in [0.2, 0.25) is 0 Å². The number of nitro groups is 1. The van der Waals surface area contributed by atoms with Crippen molar-refractivity contribution in [3.63, 3.8) is 0 Å². The summed E-state index contributed by atoms with van der Waals surface area (Å²) in [5, 5.41) is 14.2. The first-order valence-corrected chi connectivity index (χ1v) is 8.72. The molecule has 0 radical (unpaired) electrons. The SMILES string of the molecule is COc1ccc(CC(=O)Nc2cc3c(cc2[N+](=O)[O-])C(C)(C)[C@@H]2O[C@H]32)cc1. The van der Waals surface area contributed by atoms with Crippen LogP contribution in [0.15, 0.2) is 36.4 Å². The Bertz CT molecular complexity index is 936. The summed E-state index contributed by atoms with van der Waals surface area (Å²) in [6, 6.07) is 10.4. The van der Waals surface area contributed by atoms with Crippen LogP contribution in [0.25, 0.3) is 0 Å². The molecule has 1 amide bonds. The third-order valence-corrected chi connectivity index (χ3v) is 5.37. The van der Waals surface area contributed by atoms with Gasteiger partial charge in [0.05, 0.1) is 24.6 Å². The van der Waals surface area contributed by atoms with E-state index in [1.54, 1.807) is 43.5 Å². The van der Waals surface area contributed by atoms with Gasteiger partial charge in [0.1, 0.15) is 17.5 Å². The number of fused-ring (bicyclic) bond motifs is 3. The van der Waals surface area contributed by atoms with Crippen LogP contribution in [0.1, 0.15) is 36.6 Å². The Kier molecular flexibility index (Phi) is 3.92. The van der Waals surface area contributed by atoms with Crippen molar-refractivity contribution in [3.05, 3.63) is 63.2 Å². The molecule has 0 bridgehead atoms. The molecule has 2 atom stereocenters. The molecule has 0 spiro atoms. The second-order valence-electron chi connectivity index (χ2n) is 7.49. The minimum absolute atomic E-state index is 0.0342. The average molecular weight is 368 g/mol. The van der Waals surface area contributed by atoms with E-state index in [2.05, 4.69) is 5.32 Å². The van der Waals surface area contributed by atoms with Crippen molar-refractivity contribution in [1.29, 1.82) is 0 Å². The summed E-state index contributed by atoms with van der Waals surface area (Å²) in [7, 11) is 1.57. The van der Waals surface area contributed by atoms with Crippen molar-refractivity contribution < 1.29 is 19.2 Å². The fourth-order valence-corrected chi connectivity index (χ4v) is 3.82. The lowest BCUT2D eigenvalue weighted by Crippen LogP contribution is -2.22. The molecule has 4 rings (SSSR count). The molecule has 1 fully saturated rings. The molecular formula is C20H20N2O5. The summed E-state index contributed by atoms with van der Waals surface area (Å²) in [5.74, 6) is 0.392. The number of anilines is 1. The molecule has 2 aliphatic rings. The standard InChI is InChI=1S/C20H20N2O5/c1-20(2)14-10-16(22(24)25)15(9-13(14)18-19(20)27-18)21-17(23)8-11-4-6-12(26-3)7-5-11/h4-7,9-10,18-19H,8H2,1-3H3,(H,21,23)/t18-,19-/m1/s1. The number of ether oxygens (including phenoxy) is 2. The normalized spacial score (nSPS) is 21.1. The topological polar surface area (TPSA) is 94.0 Å². The first kappa shape index (κ1) is 17.5. The molecule has 7 heteroatoms. The lowest BCUT2D eigenvalue weighted by Gasteiger charge is -2.21. The number of epoxide rings is 1. The Labute approximate surface area is 156 Å². The molecule has 2 aromatic rings. The third kappa shape index (κ3) is 2.94. The third-order valence-electron chi connectivity index (χ3n) is 5.37. The molecule has 0 unspecified atom stereocenters. The first-order chi connectivity index (χ1) is 12.8. The van der Waals surface area contributed by atoms with Gasteiger partial charge in [-0.3, -0.25) is 14.9 Å². The molecule has 0 saturated carbocycles. The van der Waals surface area contributed by atoms with Gasteiger partial charge in [0.15, 0.2) is 0 Å². The van der Waals surface area contributed by atoms with Gasteiger partial charge in [0, 0.05) is 11.5 Å². The highest BCUT2D eigenvalue weighted by Crippen LogP contribution is 2.60. The second-order valence-corrected chi connectivity index (χ2v) is 7.49.